The summed E-state index contributed by atoms with van der Waals surface area (Å²) in [5.74, 6) is -16.1. The van der Waals surface area contributed by atoms with Gasteiger partial charge in [0.2, 0.25) is 70.9 Å². The standard InChI is InChI=1S/C42H51F3N6O9.C41H50F3N7O8/c1-21-8-9-26(30(45)11-21)16-35(53)47-31(15-25-13-27(43)17-28(44)14-25)37(54)48-36-24(4)60-42(59)34-12-22(2)19-50(34)39(56)23(3)46-38(55)32-7-5-6-10-49(32)40(57)33-18-29(52)20-51(33)41(36)58;1-22-7-8-26(29(44)12-22)17-35(52)46-30(16-25-14-27(42)18-28(43)15-25)36(53)47-31-21-59-41(58)33-13-23(2)19-51(33)38(55)24(3)45-37(54)34-20-48(4)10-11-50(34)40(57)32-6-5-9-49(32)39(31)56/h8-9,11,13-14,17,22-24,29,31-34,36,52H,5-7,10,12,15-16,18-20H2,1-4H3,(H,46,55)(H,47,53)(H,48,54);7-8,12,14-15,18,23-24,30-34H,5-6,9-11,13,16-17,19-21H2,1-4H3,(H,45,54)(H,46,52)(H,47,53)/t22-,23+,24+,29-,31+,32+,33+,34+,36+;23-,24+,30+,31+,32+,33+,34+/m11/s1. The van der Waals surface area contributed by atoms with Gasteiger partial charge in [0, 0.05) is 83.8 Å². The fourth-order valence-corrected chi connectivity index (χ4v) is 16.9. The number of fused-ring (bicyclic) bond motifs is 6. The zero-order chi connectivity index (χ0) is 86.3. The number of ether oxygens (including phenoxy) is 2. The maximum atomic E-state index is 14.8. The molecule has 642 valence electrons. The molecule has 0 bridgehead atoms. The highest BCUT2D eigenvalue weighted by atomic mass is 19.2. The summed E-state index contributed by atoms with van der Waals surface area (Å²) in [7, 11) is 1.80. The molecule has 4 aromatic rings. The van der Waals surface area contributed by atoms with E-state index in [-0.39, 0.29) is 112 Å². The number of likely N-dealkylation sites (N-methyl/N-ethyl adjacent to an activating group) is 1. The van der Waals surface area contributed by atoms with Gasteiger partial charge in [0.15, 0.2) is 0 Å². The number of nitrogens with zero attached hydrogens (tertiary/aromatic N) is 7. The Bertz CT molecular complexity index is 4560. The van der Waals surface area contributed by atoms with Gasteiger partial charge in [-0.2, -0.15) is 0 Å². The predicted molar refractivity (Wildman–Crippen MR) is 411 cm³/mol. The number of aryl methyl sites for hydroxylation is 2. The van der Waals surface area contributed by atoms with Crippen LogP contribution in [0.15, 0.2) is 72.8 Å². The van der Waals surface area contributed by atoms with Crippen LogP contribution in [-0.4, -0.2) is 273 Å². The molecule has 0 radical (unpaired) electrons. The Labute approximate surface area is 683 Å². The number of piperazine rings is 1. The quantitative estimate of drug-likeness (QED) is 0.0699. The number of aliphatic hydroxyl groups excluding tert-OH is 1. The van der Waals surface area contributed by atoms with Crippen LogP contribution in [0.1, 0.15) is 119 Å². The molecule has 30 nitrogen and oxygen atoms in total. The second-order valence-electron chi connectivity index (χ2n) is 32.7. The second-order valence-corrected chi connectivity index (χ2v) is 32.7. The maximum absolute atomic E-state index is 14.8. The van der Waals surface area contributed by atoms with Crippen molar-refractivity contribution in [3.8, 4) is 0 Å². The van der Waals surface area contributed by atoms with Crippen LogP contribution in [0.3, 0.4) is 0 Å². The molecule has 8 aliphatic heterocycles. The van der Waals surface area contributed by atoms with E-state index < -0.39 is 235 Å². The summed E-state index contributed by atoms with van der Waals surface area (Å²) in [6.07, 6.45) is -2.44. The van der Waals surface area contributed by atoms with E-state index in [2.05, 4.69) is 31.9 Å². The van der Waals surface area contributed by atoms with Crippen molar-refractivity contribution in [3.05, 3.63) is 141 Å². The molecule has 0 unspecified atom stereocenters. The first kappa shape index (κ1) is 88.8. The molecule has 0 aliphatic carbocycles. The van der Waals surface area contributed by atoms with Crippen LogP contribution in [0.5, 0.6) is 0 Å². The van der Waals surface area contributed by atoms with E-state index in [1.165, 1.54) is 69.5 Å². The summed E-state index contributed by atoms with van der Waals surface area (Å²) in [4.78, 5) is 205. The van der Waals surface area contributed by atoms with Crippen LogP contribution in [0.2, 0.25) is 0 Å². The monoisotopic (exact) mass is 1670 g/mol. The van der Waals surface area contributed by atoms with Crippen LogP contribution in [0, 0.1) is 60.6 Å². The summed E-state index contributed by atoms with van der Waals surface area (Å²) in [5, 5.41) is 26.4. The Morgan fingerprint density at radius 3 is 1.47 bits per heavy atom. The van der Waals surface area contributed by atoms with Gasteiger partial charge in [0.25, 0.3) is 0 Å². The molecule has 8 saturated heterocycles. The third-order valence-electron chi connectivity index (χ3n) is 23.0. The molecule has 0 spiro atoms. The minimum Gasteiger partial charge on any atom is -0.461 e. The van der Waals surface area contributed by atoms with Crippen molar-refractivity contribution in [1.29, 1.82) is 0 Å². The maximum Gasteiger partial charge on any atom is 0.329 e. The van der Waals surface area contributed by atoms with Gasteiger partial charge in [-0.05, 0) is 168 Å². The molecule has 0 saturated carbocycles. The Morgan fingerprint density at radius 1 is 0.479 bits per heavy atom. The lowest BCUT2D eigenvalue weighted by molar-refractivity contribution is -0.163. The SMILES string of the molecule is Cc1ccc(CC(=O)N[C@@H](Cc2cc(F)cc(F)c2)C(=O)N[C@@H]2C(=O)N3C[C@H](O)C[C@H]3C(=O)N3CCCC[C@H]3C(=O)N[C@@H](C)C(=O)N3C[C@H](C)C[C@H]3C(=O)O[C@H]2C)c(F)c1.Cc1ccc(CC(=O)N[C@@H](Cc2cc(F)cc(F)c2)C(=O)N[C@H]2COC(=O)[C@@H]3C[C@@H](C)CN3C(=O)[C@H](C)NC(=O)[C@@H]3CN(C)CCN3C(=O)[C@@H]3CCCN3C2=O)c(F)c1. The lowest BCUT2D eigenvalue weighted by atomic mass is 9.98. The van der Waals surface area contributed by atoms with Crippen LogP contribution in [0.25, 0.3) is 0 Å². The highest BCUT2D eigenvalue weighted by molar-refractivity contribution is 6.00. The van der Waals surface area contributed by atoms with Gasteiger partial charge in [-0.15, -0.1) is 0 Å². The summed E-state index contributed by atoms with van der Waals surface area (Å²) in [5.41, 5.74) is 1.16. The Hall–Kier alpha value is -11.0. The van der Waals surface area contributed by atoms with Crippen molar-refractivity contribution in [2.24, 2.45) is 11.8 Å². The summed E-state index contributed by atoms with van der Waals surface area (Å²) >= 11 is 0. The fourth-order valence-electron chi connectivity index (χ4n) is 16.9. The molecular formula is C83H101F6N13O17. The lowest BCUT2D eigenvalue weighted by Gasteiger charge is -2.42. The topological polar surface area (TPSA) is 373 Å². The number of benzene rings is 4. The summed E-state index contributed by atoms with van der Waals surface area (Å²) in [6, 6.07) is -1.78. The largest absolute Gasteiger partial charge is 0.461 e. The zero-order valence-corrected chi connectivity index (χ0v) is 67.4. The van der Waals surface area contributed by atoms with Crippen molar-refractivity contribution in [2.45, 2.75) is 210 Å². The number of amides is 12. The Morgan fingerprint density at radius 2 is 0.941 bits per heavy atom. The molecule has 4 aromatic carbocycles. The number of aliphatic hydroxyl groups is 1. The smallest absolute Gasteiger partial charge is 0.329 e. The average molecular weight is 1670 g/mol. The molecule has 0 aromatic heterocycles. The number of esters is 2. The minimum atomic E-state index is -1.78. The molecule has 16 atom stereocenters. The molecule has 12 amide bonds. The van der Waals surface area contributed by atoms with Crippen molar-refractivity contribution in [2.75, 3.05) is 66.0 Å². The molecule has 8 aliphatic rings. The van der Waals surface area contributed by atoms with E-state index in [0.717, 1.165) is 29.2 Å². The molecule has 8 fully saturated rings. The number of nitrogens with one attached hydrogen (secondary N) is 6. The first-order valence-corrected chi connectivity index (χ1v) is 40.2. The third-order valence-corrected chi connectivity index (χ3v) is 23.0. The van der Waals surface area contributed by atoms with Crippen LogP contribution < -0.4 is 31.9 Å². The highest BCUT2D eigenvalue weighted by Gasteiger charge is 2.51. The van der Waals surface area contributed by atoms with Crippen molar-refractivity contribution in [1.82, 2.24) is 66.2 Å². The number of hydrogen-bond donors (Lipinski definition) is 7. The van der Waals surface area contributed by atoms with Gasteiger partial charge >= 0.3 is 11.9 Å². The van der Waals surface area contributed by atoms with Crippen LogP contribution >= 0.6 is 0 Å². The molecule has 8 heterocycles. The zero-order valence-electron chi connectivity index (χ0n) is 67.4. The van der Waals surface area contributed by atoms with Gasteiger partial charge in [-0.1, -0.05) is 38.1 Å². The van der Waals surface area contributed by atoms with E-state index in [0.29, 0.717) is 49.1 Å². The first-order valence-electron chi connectivity index (χ1n) is 40.2. The van der Waals surface area contributed by atoms with Crippen molar-refractivity contribution >= 4 is 82.8 Å². The second kappa shape index (κ2) is 38.3. The number of hydrogen-bond acceptors (Lipinski definition) is 18. The first-order chi connectivity index (χ1) is 56.4. The van der Waals surface area contributed by atoms with Gasteiger partial charge in [0.05, 0.1) is 18.9 Å². The summed E-state index contributed by atoms with van der Waals surface area (Å²) in [6.45, 7) is 11.5. The highest BCUT2D eigenvalue weighted by Crippen LogP contribution is 2.32. The minimum absolute atomic E-state index is 0.00202. The summed E-state index contributed by atoms with van der Waals surface area (Å²) < 4.78 is 98.3. The number of carbonyl (C=O) groups is 14. The van der Waals surface area contributed by atoms with E-state index in [1.807, 2.05) is 18.7 Å². The normalized spacial score (nSPS) is 27.4. The number of piperidine rings is 1. The van der Waals surface area contributed by atoms with Gasteiger partial charge in [-0.3, -0.25) is 57.5 Å². The number of rotatable bonds is 14. The van der Waals surface area contributed by atoms with Crippen LogP contribution in [0.4, 0.5) is 26.3 Å². The van der Waals surface area contributed by atoms with Gasteiger partial charge in [-0.25, -0.2) is 35.9 Å². The number of carbonyl (C=O) groups excluding carboxylic acids is 14. The van der Waals surface area contributed by atoms with Crippen molar-refractivity contribution in [3.63, 3.8) is 0 Å². The number of cyclic esters (lactones) is 2. The molecule has 12 rings (SSSR count). The lowest BCUT2D eigenvalue weighted by Crippen LogP contribution is -2.65. The Balaban J connectivity index is 0.000000233. The molecular weight excluding hydrogens is 1560 g/mol. The average Bonchev–Trinajstić information content (AvgIpc) is 1.69. The third kappa shape index (κ3) is 21.5. The van der Waals surface area contributed by atoms with E-state index in [1.54, 1.807) is 33.0 Å². The van der Waals surface area contributed by atoms with E-state index in [9.17, 15) is 98.6 Å². The molecule has 119 heavy (non-hydrogen) atoms. The van der Waals surface area contributed by atoms with Gasteiger partial charge in [0.1, 0.15) is 120 Å². The fraction of sp³-hybridized carbons (Fsp3) is 0.542. The van der Waals surface area contributed by atoms with Crippen molar-refractivity contribution < 1.29 is 108 Å². The van der Waals surface area contributed by atoms with E-state index >= 15 is 0 Å². The number of halogens is 6. The van der Waals surface area contributed by atoms with Gasteiger partial charge < -0.3 is 80.8 Å². The predicted octanol–water partition coefficient (Wildman–Crippen LogP) is 1.80. The molecule has 36 heteroatoms. The van der Waals surface area contributed by atoms with Crippen LogP contribution in [-0.2, 0) is 102 Å². The van der Waals surface area contributed by atoms with E-state index in [4.69, 9.17) is 9.47 Å². The Kier molecular flexibility index (Phi) is 28.6. The molecule has 7 N–H and O–H groups in total.